The number of thiazole rings is 1. The SMILES string of the molecule is Cc1nc(C)c(C(=O)C2=C(O)C(=O)N(c3cccc(C(F)(F)F)c3)C2c2cccc(O)c2)s1. The molecule has 1 aliphatic heterocycles. The fourth-order valence-electron chi connectivity index (χ4n) is 3.81. The number of aromatic hydroxyl groups is 1. The van der Waals surface area contributed by atoms with Gasteiger partial charge in [0, 0.05) is 5.69 Å². The van der Waals surface area contributed by atoms with Crippen LogP contribution in [0, 0.1) is 13.8 Å². The number of anilines is 1. The van der Waals surface area contributed by atoms with Crippen LogP contribution < -0.4 is 4.90 Å². The number of hydrogen-bond acceptors (Lipinski definition) is 6. The van der Waals surface area contributed by atoms with E-state index in [1.807, 2.05) is 0 Å². The van der Waals surface area contributed by atoms with Crippen molar-refractivity contribution >= 4 is 28.7 Å². The number of hydrogen-bond donors (Lipinski definition) is 2. The number of benzene rings is 2. The number of aliphatic hydroxyl groups is 1. The first-order valence-electron chi connectivity index (χ1n) is 9.70. The molecule has 0 saturated carbocycles. The molecule has 1 atom stereocenters. The van der Waals surface area contributed by atoms with Gasteiger partial charge in [0.15, 0.2) is 5.76 Å². The minimum absolute atomic E-state index is 0.158. The van der Waals surface area contributed by atoms with Gasteiger partial charge in [-0.1, -0.05) is 18.2 Å². The van der Waals surface area contributed by atoms with Crippen molar-refractivity contribution in [3.05, 3.63) is 86.6 Å². The smallest absolute Gasteiger partial charge is 0.416 e. The van der Waals surface area contributed by atoms with Crippen LogP contribution in [0.1, 0.15) is 37.5 Å². The highest BCUT2D eigenvalue weighted by Crippen LogP contribution is 2.44. The molecule has 4 rings (SSSR count). The van der Waals surface area contributed by atoms with Crippen molar-refractivity contribution in [2.75, 3.05) is 4.90 Å². The molecule has 170 valence electrons. The maximum atomic E-state index is 13.4. The second kappa shape index (κ2) is 8.04. The average molecular weight is 474 g/mol. The third-order valence-electron chi connectivity index (χ3n) is 5.20. The Labute approximate surface area is 190 Å². The van der Waals surface area contributed by atoms with E-state index in [0.29, 0.717) is 10.7 Å². The summed E-state index contributed by atoms with van der Waals surface area (Å²) < 4.78 is 40.0. The number of aryl methyl sites for hydroxylation is 2. The molecule has 3 aromatic rings. The molecule has 1 aromatic heterocycles. The number of nitrogens with zero attached hydrogens (tertiary/aromatic N) is 2. The topological polar surface area (TPSA) is 90.7 Å². The van der Waals surface area contributed by atoms with Gasteiger partial charge >= 0.3 is 6.18 Å². The van der Waals surface area contributed by atoms with E-state index in [1.54, 1.807) is 13.8 Å². The molecular formula is C23H17F3N2O4S. The van der Waals surface area contributed by atoms with Gasteiger partial charge in [-0.25, -0.2) is 4.98 Å². The van der Waals surface area contributed by atoms with E-state index in [4.69, 9.17) is 0 Å². The predicted molar refractivity (Wildman–Crippen MR) is 115 cm³/mol. The van der Waals surface area contributed by atoms with Crippen molar-refractivity contribution in [2.24, 2.45) is 0 Å². The maximum absolute atomic E-state index is 13.4. The van der Waals surface area contributed by atoms with Crippen LogP contribution in [-0.4, -0.2) is 26.9 Å². The number of halogens is 3. The molecule has 1 unspecified atom stereocenters. The summed E-state index contributed by atoms with van der Waals surface area (Å²) in [6, 6.07) is 8.43. The van der Waals surface area contributed by atoms with Crippen molar-refractivity contribution in [1.82, 2.24) is 4.98 Å². The quantitative estimate of drug-likeness (QED) is 0.503. The number of Topliss-reactive ketones (excluding diaryl/α,β-unsaturated/α-hetero) is 1. The number of aliphatic hydroxyl groups excluding tert-OH is 1. The third kappa shape index (κ3) is 3.97. The Kier molecular flexibility index (Phi) is 5.49. The van der Waals surface area contributed by atoms with Gasteiger partial charge in [0.1, 0.15) is 5.75 Å². The molecule has 10 heteroatoms. The van der Waals surface area contributed by atoms with Gasteiger partial charge in [-0.2, -0.15) is 13.2 Å². The standard InChI is InChI=1S/C23H17F3N2O4S/c1-11-21(33-12(2)27-11)19(30)17-18(13-5-3-8-16(29)9-13)28(22(32)20(17)31)15-7-4-6-14(10-15)23(24,25)26/h3-10,18,29,31H,1-2H3. The maximum Gasteiger partial charge on any atom is 0.416 e. The molecule has 6 nitrogen and oxygen atoms in total. The highest BCUT2D eigenvalue weighted by molar-refractivity contribution is 7.14. The number of carbonyl (C=O) groups excluding carboxylic acids is 2. The highest BCUT2D eigenvalue weighted by Gasteiger charge is 2.46. The highest BCUT2D eigenvalue weighted by atomic mass is 32.1. The summed E-state index contributed by atoms with van der Waals surface area (Å²) in [5.41, 5.74) is -0.797. The zero-order chi connectivity index (χ0) is 24.1. The van der Waals surface area contributed by atoms with Gasteiger partial charge in [0.05, 0.1) is 32.8 Å². The van der Waals surface area contributed by atoms with Gasteiger partial charge in [-0.3, -0.25) is 14.5 Å². The Morgan fingerprint density at radius 3 is 2.39 bits per heavy atom. The second-order valence-electron chi connectivity index (χ2n) is 7.46. The molecule has 0 saturated heterocycles. The predicted octanol–water partition coefficient (Wildman–Crippen LogP) is 5.27. The lowest BCUT2D eigenvalue weighted by atomic mass is 9.94. The molecule has 0 spiro atoms. The number of alkyl halides is 3. The Bertz CT molecular complexity index is 1310. The second-order valence-corrected chi connectivity index (χ2v) is 8.66. The average Bonchev–Trinajstić information content (AvgIpc) is 3.22. The van der Waals surface area contributed by atoms with E-state index in [9.17, 15) is 33.0 Å². The molecule has 0 radical (unpaired) electrons. The lowest BCUT2D eigenvalue weighted by Crippen LogP contribution is -2.31. The van der Waals surface area contributed by atoms with Crippen molar-refractivity contribution < 1.29 is 33.0 Å². The van der Waals surface area contributed by atoms with Crippen LogP contribution in [0.4, 0.5) is 18.9 Å². The van der Waals surface area contributed by atoms with Crippen LogP contribution in [0.15, 0.2) is 59.9 Å². The zero-order valence-electron chi connectivity index (χ0n) is 17.3. The summed E-state index contributed by atoms with van der Waals surface area (Å²) >= 11 is 1.08. The Hall–Kier alpha value is -3.66. The number of amides is 1. The minimum atomic E-state index is -4.66. The molecule has 0 bridgehead atoms. The van der Waals surface area contributed by atoms with E-state index in [0.717, 1.165) is 34.4 Å². The fraction of sp³-hybridized carbons (Fsp3) is 0.174. The molecule has 0 fully saturated rings. The van der Waals surface area contributed by atoms with E-state index in [1.165, 1.54) is 30.3 Å². The van der Waals surface area contributed by atoms with Crippen LogP contribution in [0.25, 0.3) is 0 Å². The lowest BCUT2D eigenvalue weighted by molar-refractivity contribution is -0.137. The molecule has 2 N–H and O–H groups in total. The Morgan fingerprint density at radius 1 is 1.09 bits per heavy atom. The number of aromatic nitrogens is 1. The van der Waals surface area contributed by atoms with Crippen molar-refractivity contribution in [3.63, 3.8) is 0 Å². The monoisotopic (exact) mass is 474 g/mol. The Morgan fingerprint density at radius 2 is 1.79 bits per heavy atom. The van der Waals surface area contributed by atoms with Crippen molar-refractivity contribution in [2.45, 2.75) is 26.1 Å². The summed E-state index contributed by atoms with van der Waals surface area (Å²) in [6.07, 6.45) is -4.66. The first kappa shape index (κ1) is 22.5. The number of rotatable bonds is 4. The van der Waals surface area contributed by atoms with E-state index in [2.05, 4.69) is 4.98 Å². The molecule has 1 aliphatic rings. The van der Waals surface area contributed by atoms with Crippen LogP contribution >= 0.6 is 11.3 Å². The summed E-state index contributed by atoms with van der Waals surface area (Å²) in [5, 5.41) is 21.3. The number of ketones is 1. The van der Waals surface area contributed by atoms with Gasteiger partial charge < -0.3 is 10.2 Å². The van der Waals surface area contributed by atoms with Gasteiger partial charge in [-0.05, 0) is 49.7 Å². The fourth-order valence-corrected chi connectivity index (χ4v) is 4.68. The van der Waals surface area contributed by atoms with E-state index < -0.39 is 35.2 Å². The van der Waals surface area contributed by atoms with Crippen molar-refractivity contribution in [3.8, 4) is 5.75 Å². The molecule has 0 aliphatic carbocycles. The van der Waals surface area contributed by atoms with Gasteiger partial charge in [0.2, 0.25) is 5.78 Å². The molecule has 2 heterocycles. The Balaban J connectivity index is 1.91. The first-order valence-corrected chi connectivity index (χ1v) is 10.5. The van der Waals surface area contributed by atoms with Crippen LogP contribution in [0.3, 0.4) is 0 Å². The molecule has 2 aromatic carbocycles. The number of phenols is 1. The summed E-state index contributed by atoms with van der Waals surface area (Å²) in [4.78, 5) is 31.9. The zero-order valence-corrected chi connectivity index (χ0v) is 18.2. The normalized spacial score (nSPS) is 16.6. The molecular weight excluding hydrogens is 457 g/mol. The number of carbonyl (C=O) groups is 2. The minimum Gasteiger partial charge on any atom is -0.508 e. The lowest BCUT2D eigenvalue weighted by Gasteiger charge is -2.27. The molecule has 1 amide bonds. The third-order valence-corrected chi connectivity index (χ3v) is 6.27. The first-order chi connectivity index (χ1) is 15.5. The van der Waals surface area contributed by atoms with Gasteiger partial charge in [0.25, 0.3) is 5.91 Å². The largest absolute Gasteiger partial charge is 0.508 e. The van der Waals surface area contributed by atoms with E-state index in [-0.39, 0.29) is 27.5 Å². The van der Waals surface area contributed by atoms with Gasteiger partial charge in [-0.15, -0.1) is 11.3 Å². The van der Waals surface area contributed by atoms with Crippen LogP contribution in [0.5, 0.6) is 5.75 Å². The van der Waals surface area contributed by atoms with Crippen LogP contribution in [-0.2, 0) is 11.0 Å². The summed E-state index contributed by atoms with van der Waals surface area (Å²) in [5.74, 6) is -2.72. The van der Waals surface area contributed by atoms with E-state index >= 15 is 0 Å². The summed E-state index contributed by atoms with van der Waals surface area (Å²) in [7, 11) is 0. The number of phenolic OH excluding ortho intramolecular Hbond substituents is 1. The summed E-state index contributed by atoms with van der Waals surface area (Å²) in [6.45, 7) is 3.31. The van der Waals surface area contributed by atoms with Crippen molar-refractivity contribution in [1.29, 1.82) is 0 Å². The van der Waals surface area contributed by atoms with Crippen LogP contribution in [0.2, 0.25) is 0 Å². The molecule has 33 heavy (non-hydrogen) atoms.